The summed E-state index contributed by atoms with van der Waals surface area (Å²) in [5.74, 6) is 0. The van der Waals surface area contributed by atoms with Crippen molar-refractivity contribution in [3.05, 3.63) is 71.2 Å². The number of rotatable bonds is 1. The Hall–Kier alpha value is -1.08. The quantitative estimate of drug-likeness (QED) is 0.802. The van der Waals surface area contributed by atoms with Gasteiger partial charge in [-0.05, 0) is 12.1 Å². The monoisotopic (exact) mass is 298 g/mol. The Labute approximate surface area is 108 Å². The number of aliphatic hydroxyl groups excluding tert-OH is 1. The molecule has 2 aromatic carbocycles. The van der Waals surface area contributed by atoms with Crippen LogP contribution >= 0.6 is 11.6 Å². The summed E-state index contributed by atoms with van der Waals surface area (Å²) in [4.78, 5) is 0. The second-order valence-electron chi connectivity index (χ2n) is 2.97. The molecule has 0 fully saturated rings. The molecule has 0 radical (unpaired) electrons. The molecule has 0 heterocycles. The van der Waals surface area contributed by atoms with E-state index in [0.29, 0.717) is 0 Å². The molecule has 82 valence electrons. The maximum absolute atomic E-state index is 8.88. The van der Waals surface area contributed by atoms with Gasteiger partial charge in [-0.25, -0.2) is 0 Å². The molecule has 16 heavy (non-hydrogen) atoms. The van der Waals surface area contributed by atoms with Crippen LogP contribution < -0.4 is 0 Å². The number of aliphatic hydroxyl groups is 1. The second kappa shape index (κ2) is 7.24. The van der Waals surface area contributed by atoms with Crippen LogP contribution in [0.15, 0.2) is 60.7 Å². The number of hydrogen-bond acceptors (Lipinski definition) is 1. The van der Waals surface area contributed by atoms with E-state index in [0.717, 1.165) is 10.6 Å². The maximum atomic E-state index is 8.88. The zero-order valence-corrected chi connectivity index (χ0v) is 11.0. The standard InChI is InChI=1S/C7H6OSe.C6H5Cl/c8-7(9)6-4-2-1-3-5-6;7-6-4-2-1-3-5-6/h1-5H,(H,8,9);1-5H. The minimum absolute atomic E-state index is 0.246. The van der Waals surface area contributed by atoms with Crippen LogP contribution in [0, 0.1) is 0 Å². The van der Waals surface area contributed by atoms with Gasteiger partial charge in [0.05, 0.1) is 0 Å². The first-order valence-electron chi connectivity index (χ1n) is 4.69. The van der Waals surface area contributed by atoms with Gasteiger partial charge in [0, 0.05) is 5.02 Å². The van der Waals surface area contributed by atoms with E-state index in [-0.39, 0.29) is 4.60 Å². The van der Waals surface area contributed by atoms with Crippen LogP contribution in [0.5, 0.6) is 0 Å². The molecular weight excluding hydrogens is 287 g/mol. The SMILES string of the molecule is Clc1ccccc1.OC(=[Se])c1ccccc1. The molecule has 1 nitrogen and oxygen atoms in total. The van der Waals surface area contributed by atoms with E-state index in [9.17, 15) is 0 Å². The van der Waals surface area contributed by atoms with Crippen molar-refractivity contribution in [2.45, 2.75) is 0 Å². The Bertz CT molecular complexity index is 428. The minimum atomic E-state index is 0.246. The molecule has 1 N–H and O–H groups in total. The third-order valence-corrected chi connectivity index (χ3v) is 2.50. The van der Waals surface area contributed by atoms with E-state index in [1.54, 1.807) is 0 Å². The van der Waals surface area contributed by atoms with Crippen LogP contribution in [-0.4, -0.2) is 25.3 Å². The number of benzene rings is 2. The fraction of sp³-hybridized carbons (Fsp3) is 0. The van der Waals surface area contributed by atoms with Crippen molar-refractivity contribution in [3.8, 4) is 0 Å². The van der Waals surface area contributed by atoms with Gasteiger partial charge in [0.15, 0.2) is 0 Å². The molecule has 2 aromatic rings. The Morgan fingerprint density at radius 1 is 0.875 bits per heavy atom. The van der Waals surface area contributed by atoms with Crippen LogP contribution in [0.4, 0.5) is 0 Å². The van der Waals surface area contributed by atoms with Crippen LogP contribution in [0.2, 0.25) is 5.02 Å². The second-order valence-corrected chi connectivity index (χ2v) is 4.21. The fourth-order valence-corrected chi connectivity index (χ4v) is 1.43. The molecule has 0 aliphatic rings. The average Bonchev–Trinajstić information content (AvgIpc) is 2.32. The third-order valence-electron chi connectivity index (χ3n) is 1.75. The van der Waals surface area contributed by atoms with Gasteiger partial charge < -0.3 is 0 Å². The topological polar surface area (TPSA) is 20.2 Å². The van der Waals surface area contributed by atoms with Gasteiger partial charge >= 0.3 is 61.2 Å². The van der Waals surface area contributed by atoms with Crippen LogP contribution in [0.25, 0.3) is 0 Å². The van der Waals surface area contributed by atoms with Crippen LogP contribution in [-0.2, 0) is 0 Å². The predicted octanol–water partition coefficient (Wildman–Crippen LogP) is 3.05. The van der Waals surface area contributed by atoms with Crippen molar-refractivity contribution in [2.24, 2.45) is 0 Å². The summed E-state index contributed by atoms with van der Waals surface area (Å²) in [5.41, 5.74) is 0.831. The Morgan fingerprint density at radius 3 is 1.56 bits per heavy atom. The van der Waals surface area contributed by atoms with E-state index in [4.69, 9.17) is 16.7 Å². The van der Waals surface area contributed by atoms with Gasteiger partial charge in [0.1, 0.15) is 0 Å². The fourth-order valence-electron chi connectivity index (χ4n) is 0.995. The Balaban J connectivity index is 0.000000165. The molecule has 0 unspecified atom stereocenters. The van der Waals surface area contributed by atoms with Crippen molar-refractivity contribution < 1.29 is 5.11 Å². The van der Waals surface area contributed by atoms with Crippen molar-refractivity contribution in [2.75, 3.05) is 0 Å². The molecule has 0 amide bonds. The van der Waals surface area contributed by atoms with Crippen molar-refractivity contribution in [1.29, 1.82) is 0 Å². The summed E-state index contributed by atoms with van der Waals surface area (Å²) in [6.45, 7) is 0. The van der Waals surface area contributed by atoms with Crippen molar-refractivity contribution in [3.63, 3.8) is 0 Å². The third kappa shape index (κ3) is 5.13. The molecule has 3 heteroatoms. The van der Waals surface area contributed by atoms with Gasteiger partial charge in [-0.1, -0.05) is 29.8 Å². The van der Waals surface area contributed by atoms with E-state index >= 15 is 0 Å². The summed E-state index contributed by atoms with van der Waals surface area (Å²) in [7, 11) is 0. The molecular formula is C13H11ClOSe. The van der Waals surface area contributed by atoms with Gasteiger partial charge in [-0.15, -0.1) is 0 Å². The van der Waals surface area contributed by atoms with E-state index in [1.807, 2.05) is 60.7 Å². The Morgan fingerprint density at radius 2 is 1.31 bits per heavy atom. The molecule has 0 spiro atoms. The van der Waals surface area contributed by atoms with E-state index in [2.05, 4.69) is 15.6 Å². The first kappa shape index (κ1) is 13.0. The summed E-state index contributed by atoms with van der Waals surface area (Å²) in [6.07, 6.45) is 0. The van der Waals surface area contributed by atoms with Crippen molar-refractivity contribution >= 4 is 31.8 Å². The summed E-state index contributed by atoms with van der Waals surface area (Å²) >= 11 is 8.07. The predicted molar refractivity (Wildman–Crippen MR) is 69.7 cm³/mol. The molecule has 2 rings (SSSR count). The van der Waals surface area contributed by atoms with Gasteiger partial charge in [0.2, 0.25) is 0 Å². The number of halogens is 1. The molecule has 0 saturated heterocycles. The number of hydrogen-bond donors (Lipinski definition) is 1. The van der Waals surface area contributed by atoms with E-state index in [1.165, 1.54) is 0 Å². The Kier molecular flexibility index (Phi) is 5.87. The molecule has 0 aliphatic heterocycles. The van der Waals surface area contributed by atoms with Crippen LogP contribution in [0.1, 0.15) is 5.56 Å². The normalized spacial score (nSPS) is 8.81. The van der Waals surface area contributed by atoms with Gasteiger partial charge in [-0.2, -0.15) is 0 Å². The molecule has 0 bridgehead atoms. The molecule has 0 saturated carbocycles. The van der Waals surface area contributed by atoms with Crippen LogP contribution in [0.3, 0.4) is 0 Å². The average molecular weight is 298 g/mol. The zero-order valence-electron chi connectivity index (χ0n) is 8.51. The molecule has 0 aromatic heterocycles. The molecule has 0 aliphatic carbocycles. The first-order chi connectivity index (χ1) is 7.70. The zero-order chi connectivity index (χ0) is 11.8. The van der Waals surface area contributed by atoms with Gasteiger partial charge in [0.25, 0.3) is 0 Å². The van der Waals surface area contributed by atoms with Crippen molar-refractivity contribution in [1.82, 2.24) is 0 Å². The summed E-state index contributed by atoms with van der Waals surface area (Å²) in [5, 5.41) is 9.68. The first-order valence-corrected chi connectivity index (χ1v) is 5.92. The molecule has 0 atom stereocenters. The van der Waals surface area contributed by atoms with Gasteiger partial charge in [-0.3, -0.25) is 0 Å². The van der Waals surface area contributed by atoms with E-state index < -0.39 is 0 Å². The summed E-state index contributed by atoms with van der Waals surface area (Å²) < 4.78 is 0.246. The summed E-state index contributed by atoms with van der Waals surface area (Å²) in [6, 6.07) is 18.8.